The molecule has 3 N–H and O–H groups in total. The van der Waals surface area contributed by atoms with E-state index in [1.165, 1.54) is 11.1 Å². The molecule has 7 nitrogen and oxygen atoms in total. The summed E-state index contributed by atoms with van der Waals surface area (Å²) >= 11 is 0. The number of aliphatic hydroxyl groups is 2. The number of nitrogens with one attached hydrogen (secondary N) is 1. The van der Waals surface area contributed by atoms with Crippen molar-refractivity contribution >= 4 is 5.91 Å². The lowest BCUT2D eigenvalue weighted by molar-refractivity contribution is -0.130. The van der Waals surface area contributed by atoms with Crippen molar-refractivity contribution in [2.75, 3.05) is 40.4 Å². The smallest absolute Gasteiger partial charge is 0.227 e. The lowest BCUT2D eigenvalue weighted by Gasteiger charge is -2.31. The van der Waals surface area contributed by atoms with Crippen molar-refractivity contribution in [2.24, 2.45) is 0 Å². The van der Waals surface area contributed by atoms with Crippen LogP contribution in [0.25, 0.3) is 0 Å². The molecule has 2 aromatic carbocycles. The van der Waals surface area contributed by atoms with Crippen LogP contribution in [0.4, 0.5) is 0 Å². The predicted molar refractivity (Wildman–Crippen MR) is 126 cm³/mol. The molecular formula is C26H34N2O5. The number of methoxy groups -OCH3 is 2. The molecule has 178 valence electrons. The number of nitrogens with zero attached hydrogens (tertiary/aromatic N) is 1. The highest BCUT2D eigenvalue weighted by molar-refractivity contribution is 5.80. The molecule has 1 aliphatic heterocycles. The summed E-state index contributed by atoms with van der Waals surface area (Å²) in [6.45, 7) is 2.96. The van der Waals surface area contributed by atoms with Gasteiger partial charge in [0.05, 0.1) is 33.9 Å². The van der Waals surface area contributed by atoms with Crippen LogP contribution in [0.15, 0.2) is 24.3 Å². The number of rotatable bonds is 10. The molecule has 0 spiro atoms. The van der Waals surface area contributed by atoms with Crippen molar-refractivity contribution in [2.45, 2.75) is 44.8 Å². The molecule has 0 fully saturated rings. The zero-order valence-electron chi connectivity index (χ0n) is 19.5. The number of hydrogen-bond acceptors (Lipinski definition) is 6. The van der Waals surface area contributed by atoms with Crippen molar-refractivity contribution in [3.05, 3.63) is 57.6 Å². The molecular weight excluding hydrogens is 420 g/mol. The van der Waals surface area contributed by atoms with Gasteiger partial charge in [-0.25, -0.2) is 0 Å². The lowest BCUT2D eigenvalue weighted by atomic mass is 9.77. The maximum Gasteiger partial charge on any atom is 0.227 e. The van der Waals surface area contributed by atoms with E-state index < -0.39 is 0 Å². The summed E-state index contributed by atoms with van der Waals surface area (Å²) in [7, 11) is 3.32. The highest BCUT2D eigenvalue weighted by Crippen LogP contribution is 2.42. The van der Waals surface area contributed by atoms with Crippen molar-refractivity contribution in [1.29, 1.82) is 0 Å². The topological polar surface area (TPSA) is 91.3 Å². The highest BCUT2D eigenvalue weighted by Gasteiger charge is 2.28. The van der Waals surface area contributed by atoms with Gasteiger partial charge in [0.15, 0.2) is 11.5 Å². The lowest BCUT2D eigenvalue weighted by Crippen LogP contribution is -2.35. The largest absolute Gasteiger partial charge is 0.493 e. The third-order valence-corrected chi connectivity index (χ3v) is 6.93. The summed E-state index contributed by atoms with van der Waals surface area (Å²) in [6, 6.07) is 7.98. The van der Waals surface area contributed by atoms with Crippen LogP contribution in [0.1, 0.15) is 45.7 Å². The average Bonchev–Trinajstić information content (AvgIpc) is 2.97. The van der Waals surface area contributed by atoms with Gasteiger partial charge < -0.3 is 29.9 Å². The van der Waals surface area contributed by atoms with E-state index in [2.05, 4.69) is 17.4 Å². The second-order valence-electron chi connectivity index (χ2n) is 8.88. The number of aliphatic hydroxyl groups excluding tert-OH is 2. The van der Waals surface area contributed by atoms with Gasteiger partial charge in [0.25, 0.3) is 0 Å². The van der Waals surface area contributed by atoms with E-state index in [-0.39, 0.29) is 19.1 Å². The Balaban J connectivity index is 1.24. The van der Waals surface area contributed by atoms with Gasteiger partial charge in [-0.1, -0.05) is 12.1 Å². The summed E-state index contributed by atoms with van der Waals surface area (Å²) in [5.41, 5.74) is 6.16. The molecule has 0 bridgehead atoms. The molecule has 0 saturated heterocycles. The fourth-order valence-corrected chi connectivity index (χ4v) is 4.97. The van der Waals surface area contributed by atoms with E-state index in [0.717, 1.165) is 67.1 Å². The fraction of sp³-hybridized carbons (Fsp3) is 0.500. The maximum absolute atomic E-state index is 12.8. The minimum atomic E-state index is -0.126. The van der Waals surface area contributed by atoms with Crippen LogP contribution >= 0.6 is 0 Å². The minimum absolute atomic E-state index is 0.0989. The maximum atomic E-state index is 12.8. The van der Waals surface area contributed by atoms with E-state index in [0.29, 0.717) is 24.4 Å². The van der Waals surface area contributed by atoms with E-state index in [4.69, 9.17) is 9.47 Å². The Morgan fingerprint density at radius 1 is 1.00 bits per heavy atom. The van der Waals surface area contributed by atoms with Crippen molar-refractivity contribution < 1.29 is 24.5 Å². The van der Waals surface area contributed by atoms with Crippen molar-refractivity contribution in [3.63, 3.8) is 0 Å². The molecule has 0 radical (unpaired) electrons. The first kappa shape index (κ1) is 23.5. The highest BCUT2D eigenvalue weighted by atomic mass is 16.5. The van der Waals surface area contributed by atoms with Crippen LogP contribution in [-0.4, -0.2) is 61.4 Å². The van der Waals surface area contributed by atoms with Gasteiger partial charge in [0, 0.05) is 25.6 Å². The number of hydrogen-bond donors (Lipinski definition) is 3. The second kappa shape index (κ2) is 10.5. The van der Waals surface area contributed by atoms with Gasteiger partial charge in [-0.05, 0) is 71.3 Å². The second-order valence-corrected chi connectivity index (χ2v) is 8.88. The number of fused-ring (bicyclic) bond motifs is 2. The van der Waals surface area contributed by atoms with Crippen LogP contribution < -0.4 is 14.8 Å². The fourth-order valence-electron chi connectivity index (χ4n) is 4.97. The molecule has 33 heavy (non-hydrogen) atoms. The number of carbonyl (C=O) groups excluding carboxylic acids is 1. The Kier molecular flexibility index (Phi) is 7.53. The molecule has 7 heteroatoms. The predicted octanol–water partition coefficient (Wildman–Crippen LogP) is 1.94. The minimum Gasteiger partial charge on any atom is -0.493 e. The molecule has 4 rings (SSSR count). The van der Waals surface area contributed by atoms with E-state index in [1.807, 2.05) is 17.0 Å². The van der Waals surface area contributed by atoms with E-state index in [1.54, 1.807) is 14.2 Å². The first-order valence-corrected chi connectivity index (χ1v) is 11.7. The van der Waals surface area contributed by atoms with Crippen molar-refractivity contribution in [3.8, 4) is 11.5 Å². The molecule has 1 heterocycles. The molecule has 1 atom stereocenters. The van der Waals surface area contributed by atoms with Crippen LogP contribution in [-0.2, 0) is 37.3 Å². The van der Waals surface area contributed by atoms with E-state index in [9.17, 15) is 15.0 Å². The van der Waals surface area contributed by atoms with Gasteiger partial charge in [0.1, 0.15) is 0 Å². The van der Waals surface area contributed by atoms with E-state index >= 15 is 0 Å². The van der Waals surface area contributed by atoms with Crippen LogP contribution in [0.2, 0.25) is 0 Å². The zero-order chi connectivity index (χ0) is 23.4. The van der Waals surface area contributed by atoms with Crippen LogP contribution in [0.3, 0.4) is 0 Å². The zero-order valence-corrected chi connectivity index (χ0v) is 19.5. The number of ether oxygens (including phenoxy) is 2. The number of carbonyl (C=O) groups is 1. The molecule has 0 saturated carbocycles. The van der Waals surface area contributed by atoms with Gasteiger partial charge in [-0.15, -0.1) is 0 Å². The average molecular weight is 455 g/mol. The standard InChI is InChI=1S/C26H34N2O5/c1-32-24-11-19-10-20(23(19)13-25(24)33-2)14-27-5-3-6-28-7-4-17-8-21(15-29)22(16-30)9-18(17)12-26(28)31/h8-9,11,13,20,27,29-30H,3-7,10,12,14-16H2,1-2H3/t20-/m1/s1. The summed E-state index contributed by atoms with van der Waals surface area (Å²) in [4.78, 5) is 14.7. The third kappa shape index (κ3) is 5.00. The van der Waals surface area contributed by atoms with Gasteiger partial charge in [-0.2, -0.15) is 0 Å². The van der Waals surface area contributed by atoms with Gasteiger partial charge >= 0.3 is 0 Å². The summed E-state index contributed by atoms with van der Waals surface area (Å²) in [5, 5.41) is 22.6. The Morgan fingerprint density at radius 2 is 1.70 bits per heavy atom. The number of benzene rings is 2. The Morgan fingerprint density at radius 3 is 2.39 bits per heavy atom. The van der Waals surface area contributed by atoms with Crippen LogP contribution in [0, 0.1) is 0 Å². The summed E-state index contributed by atoms with van der Waals surface area (Å²) in [5.74, 6) is 2.17. The molecule has 2 aliphatic rings. The number of amides is 1. The monoisotopic (exact) mass is 454 g/mol. The molecule has 1 amide bonds. The van der Waals surface area contributed by atoms with Crippen molar-refractivity contribution in [1.82, 2.24) is 10.2 Å². The Labute approximate surface area is 195 Å². The third-order valence-electron chi connectivity index (χ3n) is 6.93. The summed E-state index contributed by atoms with van der Waals surface area (Å²) in [6.07, 6.45) is 3.07. The van der Waals surface area contributed by atoms with Gasteiger partial charge in [0.2, 0.25) is 5.91 Å². The first-order chi connectivity index (χ1) is 16.1. The molecule has 1 aliphatic carbocycles. The molecule has 2 aromatic rings. The Hall–Kier alpha value is -2.61. The SMILES string of the molecule is COc1cc2c(cc1OC)[C@@H](CNCCCN1CCc3cc(CO)c(CO)cc3CC1=O)C2. The van der Waals surface area contributed by atoms with Gasteiger partial charge in [-0.3, -0.25) is 4.79 Å². The quantitative estimate of drug-likeness (QED) is 0.476. The molecule has 0 unspecified atom stereocenters. The Bertz CT molecular complexity index is 1010. The normalized spacial score (nSPS) is 17.2. The van der Waals surface area contributed by atoms with Crippen LogP contribution in [0.5, 0.6) is 11.5 Å². The summed E-state index contributed by atoms with van der Waals surface area (Å²) < 4.78 is 10.8. The first-order valence-electron chi connectivity index (χ1n) is 11.7. The molecule has 0 aromatic heterocycles.